The molecule has 1 aliphatic heterocycles. The smallest absolute Gasteiger partial charge is 0.323 e. The normalized spacial score (nSPS) is 27.9. The zero-order valence-corrected chi connectivity index (χ0v) is 8.28. The van der Waals surface area contributed by atoms with Crippen LogP contribution in [0.4, 0.5) is 0 Å². The Hall–Kier alpha value is -1.14. The minimum Gasteiger partial charge on any atom is -0.480 e. The highest BCUT2D eigenvalue weighted by molar-refractivity contribution is 5.86. The first-order valence-corrected chi connectivity index (χ1v) is 4.49. The van der Waals surface area contributed by atoms with Gasteiger partial charge in [0.25, 0.3) is 5.91 Å². The van der Waals surface area contributed by atoms with Gasteiger partial charge in [-0.15, -0.1) is 0 Å². The molecule has 80 valence electrons. The summed E-state index contributed by atoms with van der Waals surface area (Å²) < 4.78 is 0. The maximum Gasteiger partial charge on any atom is 0.323 e. The van der Waals surface area contributed by atoms with E-state index in [1.54, 1.807) is 7.05 Å². The molecule has 1 fully saturated rings. The molecule has 0 saturated carbocycles. The minimum atomic E-state index is -0.984. The Morgan fingerprint density at radius 1 is 1.79 bits per heavy atom. The maximum atomic E-state index is 11.6. The van der Waals surface area contributed by atoms with Crippen LogP contribution in [-0.4, -0.2) is 54.2 Å². The third-order valence-electron chi connectivity index (χ3n) is 2.27. The van der Waals surface area contributed by atoms with Gasteiger partial charge in [-0.25, -0.2) is 0 Å². The summed E-state index contributed by atoms with van der Waals surface area (Å²) in [5.41, 5.74) is 0. The highest BCUT2D eigenvalue weighted by Crippen LogP contribution is 2.06. The molecule has 14 heavy (non-hydrogen) atoms. The molecule has 1 heterocycles. The Balaban J connectivity index is 2.68. The van der Waals surface area contributed by atoms with Crippen molar-refractivity contribution < 1.29 is 14.7 Å². The Bertz CT molecular complexity index is 244. The summed E-state index contributed by atoms with van der Waals surface area (Å²) in [6, 6.07) is -0.0804. The van der Waals surface area contributed by atoms with Gasteiger partial charge in [-0.1, -0.05) is 0 Å². The third kappa shape index (κ3) is 2.21. The van der Waals surface area contributed by atoms with Crippen LogP contribution in [0.15, 0.2) is 0 Å². The first kappa shape index (κ1) is 10.9. The second kappa shape index (κ2) is 4.39. The third-order valence-corrected chi connectivity index (χ3v) is 2.27. The number of nitrogens with one attached hydrogen (secondary N) is 2. The van der Waals surface area contributed by atoms with Gasteiger partial charge in [-0.05, 0) is 14.0 Å². The lowest BCUT2D eigenvalue weighted by molar-refractivity contribution is -0.149. The molecular formula is C8H15N3O3. The van der Waals surface area contributed by atoms with E-state index in [2.05, 4.69) is 10.6 Å². The van der Waals surface area contributed by atoms with Crippen LogP contribution in [0.3, 0.4) is 0 Å². The fourth-order valence-electron chi connectivity index (χ4n) is 1.47. The molecule has 0 aromatic carbocycles. The molecule has 0 aromatic heterocycles. The van der Waals surface area contributed by atoms with Gasteiger partial charge in [0.2, 0.25) is 0 Å². The van der Waals surface area contributed by atoms with Gasteiger partial charge in [0.05, 0.1) is 0 Å². The number of aliphatic carboxylic acids is 1. The van der Waals surface area contributed by atoms with Crippen molar-refractivity contribution in [3.63, 3.8) is 0 Å². The zero-order chi connectivity index (χ0) is 10.7. The van der Waals surface area contributed by atoms with E-state index < -0.39 is 12.1 Å². The average Bonchev–Trinajstić information content (AvgIpc) is 2.12. The average molecular weight is 201 g/mol. The van der Waals surface area contributed by atoms with Crippen LogP contribution < -0.4 is 10.6 Å². The highest BCUT2D eigenvalue weighted by Gasteiger charge is 2.32. The van der Waals surface area contributed by atoms with E-state index in [4.69, 9.17) is 5.11 Å². The summed E-state index contributed by atoms with van der Waals surface area (Å²) in [7, 11) is 1.66. The zero-order valence-electron chi connectivity index (χ0n) is 8.28. The van der Waals surface area contributed by atoms with Crippen LogP contribution in [0, 0.1) is 0 Å². The van der Waals surface area contributed by atoms with E-state index in [9.17, 15) is 9.59 Å². The lowest BCUT2D eigenvalue weighted by atomic mass is 10.2. The van der Waals surface area contributed by atoms with Gasteiger partial charge in [-0.3, -0.25) is 20.2 Å². The molecule has 0 bridgehead atoms. The van der Waals surface area contributed by atoms with Crippen molar-refractivity contribution >= 4 is 11.9 Å². The molecule has 1 amide bonds. The Labute approximate surface area is 82.3 Å². The van der Waals surface area contributed by atoms with Gasteiger partial charge in [0.1, 0.15) is 12.7 Å². The largest absolute Gasteiger partial charge is 0.480 e. The van der Waals surface area contributed by atoms with Crippen LogP contribution in [0.25, 0.3) is 0 Å². The topological polar surface area (TPSA) is 81.7 Å². The van der Waals surface area contributed by atoms with E-state index >= 15 is 0 Å². The molecule has 6 heteroatoms. The van der Waals surface area contributed by atoms with Crippen LogP contribution in [-0.2, 0) is 9.59 Å². The molecule has 0 aliphatic carbocycles. The number of nitrogens with zero attached hydrogens (tertiary/aromatic N) is 1. The number of rotatable bonds is 3. The number of piperazine rings is 1. The predicted molar refractivity (Wildman–Crippen MR) is 49.7 cm³/mol. The number of carboxylic acid groups (broad SMARTS) is 1. The van der Waals surface area contributed by atoms with Crippen molar-refractivity contribution in [1.82, 2.24) is 15.5 Å². The van der Waals surface area contributed by atoms with E-state index in [1.165, 1.54) is 4.90 Å². The molecule has 0 spiro atoms. The molecule has 1 rings (SSSR count). The second-order valence-corrected chi connectivity index (χ2v) is 3.34. The Kier molecular flexibility index (Phi) is 3.43. The van der Waals surface area contributed by atoms with Crippen molar-refractivity contribution in [2.24, 2.45) is 0 Å². The number of carbonyl (C=O) groups is 2. The summed E-state index contributed by atoms with van der Waals surface area (Å²) in [6.07, 6.45) is -0.467. The van der Waals surface area contributed by atoms with Gasteiger partial charge in [-0.2, -0.15) is 0 Å². The highest BCUT2D eigenvalue weighted by atomic mass is 16.4. The predicted octanol–water partition coefficient (Wildman–Crippen LogP) is -1.56. The maximum absolute atomic E-state index is 11.6. The second-order valence-electron chi connectivity index (χ2n) is 3.34. The van der Waals surface area contributed by atoms with Crippen LogP contribution in [0.2, 0.25) is 0 Å². The van der Waals surface area contributed by atoms with Crippen molar-refractivity contribution in [3.05, 3.63) is 0 Å². The fraction of sp³-hybridized carbons (Fsp3) is 0.750. The number of amides is 1. The minimum absolute atomic E-state index is 0.0804. The van der Waals surface area contributed by atoms with Crippen molar-refractivity contribution in [2.75, 3.05) is 20.1 Å². The van der Waals surface area contributed by atoms with E-state index in [0.29, 0.717) is 6.54 Å². The van der Waals surface area contributed by atoms with E-state index in [-0.39, 0.29) is 18.5 Å². The molecule has 2 unspecified atom stereocenters. The van der Waals surface area contributed by atoms with E-state index in [1.807, 2.05) is 6.92 Å². The molecule has 0 aromatic rings. The van der Waals surface area contributed by atoms with Gasteiger partial charge in [0.15, 0.2) is 0 Å². The van der Waals surface area contributed by atoms with Gasteiger partial charge in [0, 0.05) is 12.6 Å². The number of likely N-dealkylation sites (N-methyl/N-ethyl adjacent to an activating group) is 1. The summed E-state index contributed by atoms with van der Waals surface area (Å²) in [5, 5.41) is 14.4. The fourth-order valence-corrected chi connectivity index (χ4v) is 1.47. The van der Waals surface area contributed by atoms with Crippen LogP contribution in [0.5, 0.6) is 0 Å². The van der Waals surface area contributed by atoms with Crippen molar-refractivity contribution in [1.29, 1.82) is 0 Å². The first-order valence-electron chi connectivity index (χ1n) is 4.49. The monoisotopic (exact) mass is 201 g/mol. The molecule has 0 radical (unpaired) electrons. The number of hydrogen-bond acceptors (Lipinski definition) is 4. The van der Waals surface area contributed by atoms with Crippen LogP contribution >= 0.6 is 0 Å². The molecule has 6 nitrogen and oxygen atoms in total. The van der Waals surface area contributed by atoms with Crippen molar-refractivity contribution in [2.45, 2.75) is 19.1 Å². The molecule has 3 N–H and O–H groups in total. The first-order chi connectivity index (χ1) is 6.56. The SMILES string of the molecule is CNC1NCC(C)N(CC(=O)O)C1=O. The molecular weight excluding hydrogens is 186 g/mol. The molecule has 1 aliphatic rings. The Morgan fingerprint density at radius 3 is 2.93 bits per heavy atom. The lowest BCUT2D eigenvalue weighted by Gasteiger charge is -2.37. The van der Waals surface area contributed by atoms with Crippen molar-refractivity contribution in [3.8, 4) is 0 Å². The summed E-state index contributed by atoms with van der Waals surface area (Å²) >= 11 is 0. The number of carbonyl (C=O) groups excluding carboxylic acids is 1. The quantitative estimate of drug-likeness (QED) is 0.514. The standard InChI is InChI=1S/C8H15N3O3/c1-5-3-10-7(9-2)8(14)11(5)4-6(12)13/h5,7,9-10H,3-4H2,1-2H3,(H,12,13). The molecule has 2 atom stereocenters. The summed E-state index contributed by atoms with van der Waals surface area (Å²) in [5.74, 6) is -1.20. The molecule has 1 saturated heterocycles. The number of carboxylic acids is 1. The summed E-state index contributed by atoms with van der Waals surface area (Å²) in [4.78, 5) is 23.5. The summed E-state index contributed by atoms with van der Waals surface area (Å²) in [6.45, 7) is 2.18. The Morgan fingerprint density at radius 2 is 2.43 bits per heavy atom. The van der Waals surface area contributed by atoms with E-state index in [0.717, 1.165) is 0 Å². The van der Waals surface area contributed by atoms with Gasteiger partial charge < -0.3 is 10.0 Å². The lowest BCUT2D eigenvalue weighted by Crippen LogP contribution is -2.64. The number of hydrogen-bond donors (Lipinski definition) is 3. The van der Waals surface area contributed by atoms with Gasteiger partial charge >= 0.3 is 5.97 Å². The van der Waals surface area contributed by atoms with Crippen LogP contribution in [0.1, 0.15) is 6.92 Å².